The van der Waals surface area contributed by atoms with Gasteiger partial charge in [0.25, 0.3) is 5.69 Å². The predicted molar refractivity (Wildman–Crippen MR) is 75.2 cm³/mol. The Bertz CT molecular complexity index is 436. The van der Waals surface area contributed by atoms with E-state index < -0.39 is 4.92 Å². The van der Waals surface area contributed by atoms with Crippen LogP contribution >= 0.6 is 23.4 Å². The lowest BCUT2D eigenvalue weighted by Crippen LogP contribution is -2.22. The lowest BCUT2D eigenvalue weighted by atomic mass is 10.1. The number of nitrogens with one attached hydrogen (secondary N) is 1. The summed E-state index contributed by atoms with van der Waals surface area (Å²) >= 11 is 7.75. The molecule has 0 aromatic heterocycles. The highest BCUT2D eigenvalue weighted by atomic mass is 35.5. The van der Waals surface area contributed by atoms with E-state index in [1.807, 2.05) is 17.8 Å². The van der Waals surface area contributed by atoms with Crippen molar-refractivity contribution in [2.45, 2.75) is 13.0 Å². The fourth-order valence-corrected chi connectivity index (χ4v) is 3.44. The van der Waals surface area contributed by atoms with Crippen LogP contribution in [0.3, 0.4) is 0 Å². The van der Waals surface area contributed by atoms with Crippen LogP contribution in [-0.4, -0.2) is 23.0 Å². The van der Waals surface area contributed by atoms with Crippen molar-refractivity contribution in [2.24, 2.45) is 5.92 Å². The highest BCUT2D eigenvalue weighted by molar-refractivity contribution is 7.99. The molecule has 1 aliphatic heterocycles. The first-order valence-electron chi connectivity index (χ1n) is 5.88. The zero-order valence-electron chi connectivity index (χ0n) is 9.89. The summed E-state index contributed by atoms with van der Waals surface area (Å²) in [6.07, 6.45) is 1.26. The molecule has 0 bridgehead atoms. The Morgan fingerprint density at radius 3 is 3.06 bits per heavy atom. The normalized spacial score (nSPS) is 19.1. The summed E-state index contributed by atoms with van der Waals surface area (Å²) in [5, 5.41) is 14.3. The first-order valence-corrected chi connectivity index (χ1v) is 7.41. The van der Waals surface area contributed by atoms with E-state index in [-0.39, 0.29) is 10.7 Å². The molecule has 0 spiro atoms. The molecular formula is C12H15ClN2O2S. The third kappa shape index (κ3) is 3.60. The molecule has 4 nitrogen and oxygen atoms in total. The molecule has 0 aliphatic carbocycles. The van der Waals surface area contributed by atoms with E-state index in [1.54, 1.807) is 12.1 Å². The topological polar surface area (TPSA) is 55.2 Å². The van der Waals surface area contributed by atoms with Crippen LogP contribution in [0.4, 0.5) is 5.69 Å². The van der Waals surface area contributed by atoms with E-state index in [0.29, 0.717) is 6.54 Å². The third-order valence-corrected chi connectivity index (χ3v) is 4.54. The lowest BCUT2D eigenvalue weighted by molar-refractivity contribution is -0.384. The fraction of sp³-hybridized carbons (Fsp3) is 0.500. The molecule has 0 saturated carbocycles. The van der Waals surface area contributed by atoms with Gasteiger partial charge in [-0.05, 0) is 42.0 Å². The van der Waals surface area contributed by atoms with Gasteiger partial charge < -0.3 is 5.32 Å². The summed E-state index contributed by atoms with van der Waals surface area (Å²) in [5.41, 5.74) is 0.879. The molecule has 1 atom stereocenters. The Balaban J connectivity index is 1.88. The number of halogens is 1. The van der Waals surface area contributed by atoms with Gasteiger partial charge in [0.15, 0.2) is 0 Å². The summed E-state index contributed by atoms with van der Waals surface area (Å²) in [4.78, 5) is 10.3. The Hall–Kier alpha value is -0.780. The van der Waals surface area contributed by atoms with E-state index in [1.165, 1.54) is 17.9 Å². The van der Waals surface area contributed by atoms with Gasteiger partial charge >= 0.3 is 0 Å². The second-order valence-electron chi connectivity index (χ2n) is 4.40. The largest absolute Gasteiger partial charge is 0.312 e. The highest BCUT2D eigenvalue weighted by Crippen LogP contribution is 2.25. The number of rotatable bonds is 5. The predicted octanol–water partition coefficient (Wildman–Crippen LogP) is 3.09. The van der Waals surface area contributed by atoms with Crippen molar-refractivity contribution in [3.63, 3.8) is 0 Å². The average molecular weight is 287 g/mol. The number of nitro groups is 1. The maximum absolute atomic E-state index is 10.8. The summed E-state index contributed by atoms with van der Waals surface area (Å²) < 4.78 is 0. The van der Waals surface area contributed by atoms with Gasteiger partial charge in [0.1, 0.15) is 5.02 Å². The Morgan fingerprint density at radius 1 is 1.56 bits per heavy atom. The van der Waals surface area contributed by atoms with E-state index in [0.717, 1.165) is 18.0 Å². The average Bonchev–Trinajstić information content (AvgIpc) is 2.84. The molecule has 1 aromatic carbocycles. The van der Waals surface area contributed by atoms with E-state index in [9.17, 15) is 10.1 Å². The molecule has 2 rings (SSSR count). The quantitative estimate of drug-likeness (QED) is 0.667. The molecule has 1 saturated heterocycles. The smallest absolute Gasteiger partial charge is 0.288 e. The van der Waals surface area contributed by atoms with Crippen LogP contribution in [0.25, 0.3) is 0 Å². The summed E-state index contributed by atoms with van der Waals surface area (Å²) in [7, 11) is 0. The number of hydrogen-bond donors (Lipinski definition) is 1. The number of benzene rings is 1. The van der Waals surface area contributed by atoms with Crippen molar-refractivity contribution < 1.29 is 4.92 Å². The van der Waals surface area contributed by atoms with Gasteiger partial charge in [-0.1, -0.05) is 17.7 Å². The minimum atomic E-state index is -0.445. The Labute approximate surface area is 115 Å². The molecule has 1 N–H and O–H groups in total. The molecule has 1 heterocycles. The van der Waals surface area contributed by atoms with E-state index in [4.69, 9.17) is 11.6 Å². The first-order chi connectivity index (χ1) is 8.66. The lowest BCUT2D eigenvalue weighted by Gasteiger charge is -2.10. The molecule has 98 valence electrons. The molecule has 0 radical (unpaired) electrons. The van der Waals surface area contributed by atoms with Crippen LogP contribution in [0.15, 0.2) is 18.2 Å². The maximum atomic E-state index is 10.8. The van der Waals surface area contributed by atoms with Crippen molar-refractivity contribution in [3.05, 3.63) is 38.9 Å². The van der Waals surface area contributed by atoms with Gasteiger partial charge in [0, 0.05) is 12.6 Å². The van der Waals surface area contributed by atoms with Gasteiger partial charge in [-0.3, -0.25) is 10.1 Å². The second-order valence-corrected chi connectivity index (χ2v) is 5.96. The van der Waals surface area contributed by atoms with Crippen LogP contribution in [-0.2, 0) is 6.54 Å². The monoisotopic (exact) mass is 286 g/mol. The number of nitrogens with zero attached hydrogens (tertiary/aromatic N) is 1. The summed E-state index contributed by atoms with van der Waals surface area (Å²) in [6, 6.07) is 4.95. The standard InChI is InChI=1S/C12H15ClN2O2S/c13-11-2-1-9(5-12(11)15(16)17)6-14-7-10-3-4-18-8-10/h1-2,5,10,14H,3-4,6-8H2. The van der Waals surface area contributed by atoms with Gasteiger partial charge in [-0.15, -0.1) is 0 Å². The van der Waals surface area contributed by atoms with E-state index >= 15 is 0 Å². The Kier molecular flexibility index (Phi) is 4.86. The van der Waals surface area contributed by atoms with Crippen molar-refractivity contribution in [1.82, 2.24) is 5.32 Å². The van der Waals surface area contributed by atoms with Gasteiger partial charge in [0.2, 0.25) is 0 Å². The molecule has 1 fully saturated rings. The van der Waals surface area contributed by atoms with Gasteiger partial charge in [-0.2, -0.15) is 11.8 Å². The SMILES string of the molecule is O=[N+]([O-])c1cc(CNCC2CCSC2)ccc1Cl. The second kappa shape index (κ2) is 6.41. The summed E-state index contributed by atoms with van der Waals surface area (Å²) in [6.45, 7) is 1.63. The summed E-state index contributed by atoms with van der Waals surface area (Å²) in [5.74, 6) is 3.20. The molecule has 0 amide bonds. The van der Waals surface area contributed by atoms with Crippen molar-refractivity contribution in [3.8, 4) is 0 Å². The van der Waals surface area contributed by atoms with Crippen LogP contribution in [0.5, 0.6) is 0 Å². The molecular weight excluding hydrogens is 272 g/mol. The third-order valence-electron chi connectivity index (χ3n) is 2.99. The zero-order chi connectivity index (χ0) is 13.0. The number of nitro benzene ring substituents is 1. The van der Waals surface area contributed by atoms with Crippen LogP contribution < -0.4 is 5.32 Å². The molecule has 1 aromatic rings. The van der Waals surface area contributed by atoms with Crippen molar-refractivity contribution >= 4 is 29.1 Å². The molecule has 18 heavy (non-hydrogen) atoms. The van der Waals surface area contributed by atoms with Gasteiger partial charge in [-0.25, -0.2) is 0 Å². The van der Waals surface area contributed by atoms with Crippen LogP contribution in [0, 0.1) is 16.0 Å². The zero-order valence-corrected chi connectivity index (χ0v) is 11.5. The highest BCUT2D eigenvalue weighted by Gasteiger charge is 2.15. The fourth-order valence-electron chi connectivity index (χ4n) is 1.97. The molecule has 6 heteroatoms. The van der Waals surface area contributed by atoms with Crippen LogP contribution in [0.2, 0.25) is 5.02 Å². The van der Waals surface area contributed by atoms with Gasteiger partial charge in [0.05, 0.1) is 4.92 Å². The maximum Gasteiger partial charge on any atom is 0.288 e. The minimum Gasteiger partial charge on any atom is -0.312 e. The van der Waals surface area contributed by atoms with Crippen molar-refractivity contribution in [1.29, 1.82) is 0 Å². The Morgan fingerprint density at radius 2 is 2.39 bits per heavy atom. The van der Waals surface area contributed by atoms with E-state index in [2.05, 4.69) is 5.32 Å². The van der Waals surface area contributed by atoms with Crippen molar-refractivity contribution in [2.75, 3.05) is 18.1 Å². The molecule has 1 aliphatic rings. The number of thioether (sulfide) groups is 1. The van der Waals surface area contributed by atoms with Crippen LogP contribution in [0.1, 0.15) is 12.0 Å². The number of hydrogen-bond acceptors (Lipinski definition) is 4. The molecule has 1 unspecified atom stereocenters. The first kappa shape index (κ1) is 13.6. The minimum absolute atomic E-state index is 0.0209.